The average Bonchev–Trinajstić information content (AvgIpc) is 3.14. The van der Waals surface area contributed by atoms with E-state index in [1.54, 1.807) is 26.0 Å². The fraction of sp³-hybridized carbons (Fsp3) is 0.190. The van der Waals surface area contributed by atoms with Gasteiger partial charge in [0.15, 0.2) is 17.0 Å². The van der Waals surface area contributed by atoms with Crippen molar-refractivity contribution in [1.29, 1.82) is 0 Å². The fourth-order valence-corrected chi connectivity index (χ4v) is 4.13. The Balaban J connectivity index is 1.56. The SMILES string of the molecule is Cc1ccc(OC(C)C(=O)NC(=S)Nc2ccc(S(=O)(=O)Nc3cc(C)on3)cc2)c(Cl)c1. The molecule has 0 saturated heterocycles. The van der Waals surface area contributed by atoms with Gasteiger partial charge in [-0.15, -0.1) is 0 Å². The third-order valence-corrected chi connectivity index (χ3v) is 6.16. The number of carbonyl (C=O) groups is 1. The van der Waals surface area contributed by atoms with Gasteiger partial charge in [-0.1, -0.05) is 22.8 Å². The van der Waals surface area contributed by atoms with E-state index in [0.29, 0.717) is 22.2 Å². The van der Waals surface area contributed by atoms with E-state index in [1.807, 2.05) is 13.0 Å². The molecular formula is C21H21ClN4O5S2. The van der Waals surface area contributed by atoms with Crippen molar-refractivity contribution in [2.75, 3.05) is 10.0 Å². The number of halogens is 1. The molecule has 2 aromatic carbocycles. The van der Waals surface area contributed by atoms with Gasteiger partial charge in [0.25, 0.3) is 15.9 Å². The number of hydrogen-bond donors (Lipinski definition) is 3. The van der Waals surface area contributed by atoms with Crippen LogP contribution in [-0.4, -0.2) is 30.7 Å². The molecule has 1 amide bonds. The number of nitrogens with zero attached hydrogens (tertiary/aromatic N) is 1. The number of rotatable bonds is 7. The second-order valence-corrected chi connectivity index (χ2v) is 9.59. The number of ether oxygens (including phenoxy) is 1. The van der Waals surface area contributed by atoms with E-state index in [-0.39, 0.29) is 15.8 Å². The molecule has 3 aromatic rings. The third kappa shape index (κ3) is 6.67. The van der Waals surface area contributed by atoms with Crippen LogP contribution >= 0.6 is 23.8 Å². The number of amides is 1. The van der Waals surface area contributed by atoms with Gasteiger partial charge in [0.1, 0.15) is 11.5 Å². The van der Waals surface area contributed by atoms with Crippen molar-refractivity contribution in [1.82, 2.24) is 10.5 Å². The molecule has 0 aliphatic heterocycles. The summed E-state index contributed by atoms with van der Waals surface area (Å²) < 4.78 is 37.6. The van der Waals surface area contributed by atoms with Gasteiger partial charge in [0, 0.05) is 11.8 Å². The smallest absolute Gasteiger partial charge is 0.266 e. The molecule has 1 atom stereocenters. The molecule has 1 aromatic heterocycles. The Morgan fingerprint density at radius 3 is 2.45 bits per heavy atom. The number of aryl methyl sites for hydroxylation is 2. The van der Waals surface area contributed by atoms with Gasteiger partial charge in [-0.25, -0.2) is 8.42 Å². The number of hydrogen-bond acceptors (Lipinski definition) is 7. The largest absolute Gasteiger partial charge is 0.479 e. The predicted octanol–water partition coefficient (Wildman–Crippen LogP) is 4.03. The summed E-state index contributed by atoms with van der Waals surface area (Å²) in [6, 6.07) is 12.5. The zero-order valence-corrected chi connectivity index (χ0v) is 20.3. The van der Waals surface area contributed by atoms with Crippen molar-refractivity contribution in [2.45, 2.75) is 31.8 Å². The summed E-state index contributed by atoms with van der Waals surface area (Å²) in [6.07, 6.45) is -0.858. The van der Waals surface area contributed by atoms with Gasteiger partial charge in [-0.05, 0) is 75.0 Å². The molecule has 0 bridgehead atoms. The maximum absolute atomic E-state index is 12.4. The number of benzene rings is 2. The molecule has 33 heavy (non-hydrogen) atoms. The summed E-state index contributed by atoms with van der Waals surface area (Å²) in [5.74, 6) is 0.469. The first-order valence-electron chi connectivity index (χ1n) is 9.64. The normalized spacial score (nSPS) is 12.0. The molecule has 0 aliphatic rings. The number of carbonyl (C=O) groups excluding carboxylic acids is 1. The van der Waals surface area contributed by atoms with Crippen LogP contribution in [0.1, 0.15) is 18.2 Å². The molecule has 0 aliphatic carbocycles. The highest BCUT2D eigenvalue weighted by molar-refractivity contribution is 7.92. The second kappa shape index (κ2) is 10.2. The number of sulfonamides is 1. The van der Waals surface area contributed by atoms with Crippen LogP contribution in [0.4, 0.5) is 11.5 Å². The fourth-order valence-electron chi connectivity index (χ4n) is 2.65. The molecule has 0 saturated carbocycles. The number of nitrogens with one attached hydrogen (secondary N) is 3. The van der Waals surface area contributed by atoms with E-state index in [0.717, 1.165) is 5.56 Å². The van der Waals surface area contributed by atoms with E-state index >= 15 is 0 Å². The van der Waals surface area contributed by atoms with Gasteiger partial charge in [0.2, 0.25) is 0 Å². The maximum Gasteiger partial charge on any atom is 0.266 e. The van der Waals surface area contributed by atoms with Gasteiger partial charge in [0.05, 0.1) is 9.92 Å². The maximum atomic E-state index is 12.4. The van der Waals surface area contributed by atoms with Crippen LogP contribution in [-0.2, 0) is 14.8 Å². The zero-order valence-electron chi connectivity index (χ0n) is 17.9. The van der Waals surface area contributed by atoms with Crippen molar-refractivity contribution in [3.8, 4) is 5.75 Å². The Labute approximate surface area is 201 Å². The highest BCUT2D eigenvalue weighted by Gasteiger charge is 2.19. The van der Waals surface area contributed by atoms with E-state index in [2.05, 4.69) is 20.5 Å². The Kier molecular flexibility index (Phi) is 7.57. The summed E-state index contributed by atoms with van der Waals surface area (Å²) >= 11 is 11.3. The van der Waals surface area contributed by atoms with E-state index < -0.39 is 22.0 Å². The molecule has 3 rings (SSSR count). The van der Waals surface area contributed by atoms with E-state index in [1.165, 1.54) is 30.3 Å². The van der Waals surface area contributed by atoms with E-state index in [9.17, 15) is 13.2 Å². The third-order valence-electron chi connectivity index (χ3n) is 4.29. The topological polar surface area (TPSA) is 123 Å². The molecule has 9 nitrogen and oxygen atoms in total. The molecule has 0 radical (unpaired) electrons. The minimum absolute atomic E-state index is 0.0145. The lowest BCUT2D eigenvalue weighted by Crippen LogP contribution is -2.42. The van der Waals surface area contributed by atoms with Crippen molar-refractivity contribution in [2.24, 2.45) is 0 Å². The molecule has 1 unspecified atom stereocenters. The second-order valence-electron chi connectivity index (χ2n) is 7.09. The van der Waals surface area contributed by atoms with Crippen LogP contribution in [0.15, 0.2) is 57.9 Å². The van der Waals surface area contributed by atoms with Crippen molar-refractivity contribution in [3.63, 3.8) is 0 Å². The number of aromatic nitrogens is 1. The highest BCUT2D eigenvalue weighted by atomic mass is 35.5. The minimum Gasteiger partial charge on any atom is -0.479 e. The molecule has 1 heterocycles. The summed E-state index contributed by atoms with van der Waals surface area (Å²) in [6.45, 7) is 5.11. The summed E-state index contributed by atoms with van der Waals surface area (Å²) in [5, 5.41) is 9.37. The highest BCUT2D eigenvalue weighted by Crippen LogP contribution is 2.26. The lowest BCUT2D eigenvalue weighted by Gasteiger charge is -2.17. The number of anilines is 2. The average molecular weight is 509 g/mol. The molecule has 3 N–H and O–H groups in total. The van der Waals surface area contributed by atoms with Crippen LogP contribution < -0.4 is 20.1 Å². The van der Waals surface area contributed by atoms with Crippen LogP contribution in [0.2, 0.25) is 5.02 Å². The molecule has 12 heteroatoms. The zero-order chi connectivity index (χ0) is 24.2. The van der Waals surface area contributed by atoms with Gasteiger partial charge < -0.3 is 14.6 Å². The summed E-state index contributed by atoms with van der Waals surface area (Å²) in [5.41, 5.74) is 1.45. The van der Waals surface area contributed by atoms with Crippen molar-refractivity contribution in [3.05, 3.63) is 64.9 Å². The number of thiocarbonyl (C=S) groups is 1. The standard InChI is InChI=1S/C21H21ClN4O5S2/c1-12-4-9-18(17(22)10-12)30-14(3)20(27)24-21(32)23-15-5-7-16(8-6-15)33(28,29)26-19-11-13(2)31-25-19/h4-11,14H,1-3H3,(H,25,26)(H2,23,24,27,32). The molecule has 0 fully saturated rings. The Hall–Kier alpha value is -3.15. The first kappa shape index (κ1) is 24.5. The monoisotopic (exact) mass is 508 g/mol. The van der Waals surface area contributed by atoms with Crippen LogP contribution in [0, 0.1) is 13.8 Å². The predicted molar refractivity (Wildman–Crippen MR) is 129 cm³/mol. The quantitative estimate of drug-likeness (QED) is 0.409. The van der Waals surface area contributed by atoms with Gasteiger partial charge >= 0.3 is 0 Å². The van der Waals surface area contributed by atoms with Crippen LogP contribution in [0.25, 0.3) is 0 Å². The van der Waals surface area contributed by atoms with Gasteiger partial charge in [-0.3, -0.25) is 14.8 Å². The Bertz CT molecular complexity index is 1280. The van der Waals surface area contributed by atoms with Crippen molar-refractivity contribution < 1.29 is 22.5 Å². The van der Waals surface area contributed by atoms with Crippen molar-refractivity contribution >= 4 is 56.4 Å². The lowest BCUT2D eigenvalue weighted by molar-refractivity contribution is -0.125. The summed E-state index contributed by atoms with van der Waals surface area (Å²) in [7, 11) is -3.84. The first-order valence-corrected chi connectivity index (χ1v) is 11.9. The minimum atomic E-state index is -3.84. The molecule has 174 valence electrons. The van der Waals surface area contributed by atoms with Crippen LogP contribution in [0.5, 0.6) is 5.75 Å². The lowest BCUT2D eigenvalue weighted by atomic mass is 10.2. The molecular weight excluding hydrogens is 488 g/mol. The Morgan fingerprint density at radius 1 is 1.15 bits per heavy atom. The van der Waals surface area contributed by atoms with Crippen LogP contribution in [0.3, 0.4) is 0 Å². The Morgan fingerprint density at radius 2 is 1.85 bits per heavy atom. The summed E-state index contributed by atoms with van der Waals surface area (Å²) in [4.78, 5) is 12.4. The molecule has 0 spiro atoms. The first-order chi connectivity index (χ1) is 15.5. The van der Waals surface area contributed by atoms with Gasteiger partial charge in [-0.2, -0.15) is 0 Å². The van der Waals surface area contributed by atoms with E-state index in [4.69, 9.17) is 33.1 Å².